The van der Waals surface area contributed by atoms with E-state index in [0.29, 0.717) is 5.56 Å². The zero-order valence-corrected chi connectivity index (χ0v) is 16.6. The van der Waals surface area contributed by atoms with Crippen molar-refractivity contribution in [2.24, 2.45) is 0 Å². The second-order valence-electron chi connectivity index (χ2n) is 7.32. The number of aromatic nitrogens is 3. The van der Waals surface area contributed by atoms with E-state index in [-0.39, 0.29) is 30.0 Å². The highest BCUT2D eigenvalue weighted by Crippen LogP contribution is 2.38. The summed E-state index contributed by atoms with van der Waals surface area (Å²) in [5.41, 5.74) is -0.906. The Balaban J connectivity index is 1.83. The highest BCUT2D eigenvalue weighted by atomic mass is 19.4. The summed E-state index contributed by atoms with van der Waals surface area (Å²) in [5.74, 6) is -2.02. The Bertz CT molecular complexity index is 1150. The van der Waals surface area contributed by atoms with E-state index in [1.54, 1.807) is 30.3 Å². The first-order valence-electron chi connectivity index (χ1n) is 9.53. The van der Waals surface area contributed by atoms with Gasteiger partial charge in [0.15, 0.2) is 5.82 Å². The van der Waals surface area contributed by atoms with Gasteiger partial charge in [0, 0.05) is 18.7 Å². The molecule has 32 heavy (non-hydrogen) atoms. The predicted octanol–water partition coefficient (Wildman–Crippen LogP) is 4.87. The van der Waals surface area contributed by atoms with Gasteiger partial charge in [0.2, 0.25) is 5.82 Å². The molecule has 1 aliphatic rings. The van der Waals surface area contributed by atoms with Crippen molar-refractivity contribution in [1.29, 1.82) is 0 Å². The van der Waals surface area contributed by atoms with E-state index in [2.05, 4.69) is 10.2 Å². The molecule has 2 aromatic carbocycles. The average molecular weight is 454 g/mol. The first kappa shape index (κ1) is 21.8. The first-order chi connectivity index (χ1) is 15.0. The number of benzene rings is 2. The molecule has 3 aromatic rings. The quantitative estimate of drug-likeness (QED) is 0.520. The maximum absolute atomic E-state index is 13.4. The molecule has 4 rings (SSSR count). The smallest absolute Gasteiger partial charge is 0.322 e. The summed E-state index contributed by atoms with van der Waals surface area (Å²) in [5, 5.41) is 6.98. The Morgan fingerprint density at radius 3 is 2.22 bits per heavy atom. The van der Waals surface area contributed by atoms with Gasteiger partial charge in [0.1, 0.15) is 6.04 Å². The van der Waals surface area contributed by atoms with Crippen molar-refractivity contribution in [2.45, 2.75) is 31.9 Å². The molecule has 1 unspecified atom stereocenters. The van der Waals surface area contributed by atoms with Crippen LogP contribution in [-0.4, -0.2) is 32.1 Å². The summed E-state index contributed by atoms with van der Waals surface area (Å²) in [6.07, 6.45) is -9.39. The molecule has 168 valence electrons. The van der Waals surface area contributed by atoms with Gasteiger partial charge in [0.05, 0.1) is 5.56 Å². The third-order valence-electron chi connectivity index (χ3n) is 5.40. The van der Waals surface area contributed by atoms with Crippen LogP contribution in [0.1, 0.15) is 44.7 Å². The molecule has 2 heterocycles. The lowest BCUT2D eigenvalue weighted by molar-refractivity contribution is -0.148. The van der Waals surface area contributed by atoms with Crippen LogP contribution in [0.2, 0.25) is 0 Å². The van der Waals surface area contributed by atoms with E-state index in [1.807, 2.05) is 0 Å². The molecule has 5 nitrogen and oxygen atoms in total. The number of amides is 1. The summed E-state index contributed by atoms with van der Waals surface area (Å²) >= 11 is 0. The van der Waals surface area contributed by atoms with Crippen molar-refractivity contribution in [3.8, 4) is 0 Å². The normalized spacial score (nSPS) is 16.7. The molecule has 0 radical (unpaired) electrons. The summed E-state index contributed by atoms with van der Waals surface area (Å²) < 4.78 is 81.0. The molecule has 0 fully saturated rings. The van der Waals surface area contributed by atoms with E-state index in [4.69, 9.17) is 0 Å². The second kappa shape index (κ2) is 7.64. The fraction of sp³-hybridized carbons (Fsp3) is 0.286. The van der Waals surface area contributed by atoms with Gasteiger partial charge in [0.25, 0.3) is 5.91 Å². The van der Waals surface area contributed by atoms with Gasteiger partial charge in [-0.1, -0.05) is 36.4 Å². The third kappa shape index (κ3) is 3.71. The minimum atomic E-state index is -4.74. The van der Waals surface area contributed by atoms with Gasteiger partial charge < -0.3 is 9.47 Å². The minimum Gasteiger partial charge on any atom is -0.322 e. The molecule has 0 spiro atoms. The molecule has 1 amide bonds. The lowest BCUT2D eigenvalue weighted by Crippen LogP contribution is -2.44. The molecule has 0 saturated carbocycles. The van der Waals surface area contributed by atoms with Crippen LogP contribution in [0.3, 0.4) is 0 Å². The monoisotopic (exact) mass is 454 g/mol. The van der Waals surface area contributed by atoms with E-state index in [9.17, 15) is 31.1 Å². The molecular weight excluding hydrogens is 438 g/mol. The number of halogens is 6. The first-order valence-corrected chi connectivity index (χ1v) is 9.53. The van der Waals surface area contributed by atoms with Gasteiger partial charge in [-0.2, -0.15) is 26.3 Å². The van der Waals surface area contributed by atoms with Gasteiger partial charge in [-0.05, 0) is 30.2 Å². The zero-order valence-electron chi connectivity index (χ0n) is 16.6. The van der Waals surface area contributed by atoms with Crippen molar-refractivity contribution in [3.05, 3.63) is 82.4 Å². The number of fused-ring (bicyclic) bond motifs is 1. The minimum absolute atomic E-state index is 0.104. The highest BCUT2D eigenvalue weighted by Gasteiger charge is 2.44. The topological polar surface area (TPSA) is 51.0 Å². The Morgan fingerprint density at radius 2 is 1.59 bits per heavy atom. The number of hydrogen-bond donors (Lipinski definition) is 0. The molecule has 0 saturated heterocycles. The highest BCUT2D eigenvalue weighted by molar-refractivity contribution is 5.96. The van der Waals surface area contributed by atoms with E-state index in [0.717, 1.165) is 16.7 Å². The van der Waals surface area contributed by atoms with E-state index < -0.39 is 35.7 Å². The number of nitrogens with zero attached hydrogens (tertiary/aromatic N) is 4. The fourth-order valence-corrected chi connectivity index (χ4v) is 3.94. The van der Waals surface area contributed by atoms with Crippen LogP contribution in [0.15, 0.2) is 48.5 Å². The molecule has 1 aromatic heterocycles. The van der Waals surface area contributed by atoms with Crippen LogP contribution in [0.25, 0.3) is 0 Å². The van der Waals surface area contributed by atoms with Crippen molar-refractivity contribution < 1.29 is 31.1 Å². The Labute approximate surface area is 178 Å². The number of hydrogen-bond acceptors (Lipinski definition) is 3. The number of alkyl halides is 6. The summed E-state index contributed by atoms with van der Waals surface area (Å²) in [4.78, 5) is 14.6. The van der Waals surface area contributed by atoms with Crippen LogP contribution in [0.5, 0.6) is 0 Å². The van der Waals surface area contributed by atoms with Crippen molar-refractivity contribution in [1.82, 2.24) is 19.7 Å². The van der Waals surface area contributed by atoms with Crippen LogP contribution in [0.4, 0.5) is 26.3 Å². The lowest BCUT2D eigenvalue weighted by Gasteiger charge is -2.36. The number of rotatable bonds is 2. The SMILES string of the molecule is Cc1c(C(=O)N2CCn3c(nnc3C(F)(F)F)C2c2ccccc2)cccc1C(F)(F)F. The molecule has 11 heteroatoms. The lowest BCUT2D eigenvalue weighted by atomic mass is 9.97. The average Bonchev–Trinajstić information content (AvgIpc) is 3.17. The van der Waals surface area contributed by atoms with Crippen LogP contribution < -0.4 is 0 Å². The van der Waals surface area contributed by atoms with Crippen LogP contribution in [0, 0.1) is 6.92 Å². The van der Waals surface area contributed by atoms with Gasteiger partial charge >= 0.3 is 12.4 Å². The maximum atomic E-state index is 13.4. The Morgan fingerprint density at radius 1 is 0.906 bits per heavy atom. The molecule has 0 bridgehead atoms. The standard InChI is InChI=1S/C21H16F6N4O/c1-12-14(8-5-9-15(12)20(22,23)24)18(32)30-10-11-31-17(28-29-19(31)21(25,26)27)16(30)13-6-3-2-4-7-13/h2-9,16H,10-11H2,1H3. The van der Waals surface area contributed by atoms with E-state index >= 15 is 0 Å². The van der Waals surface area contributed by atoms with Crippen molar-refractivity contribution in [2.75, 3.05) is 6.54 Å². The molecule has 0 aliphatic carbocycles. The zero-order chi connectivity index (χ0) is 23.3. The largest absolute Gasteiger partial charge is 0.451 e. The molecule has 1 atom stereocenters. The third-order valence-corrected chi connectivity index (χ3v) is 5.40. The number of carbonyl (C=O) groups is 1. The maximum Gasteiger partial charge on any atom is 0.451 e. The van der Waals surface area contributed by atoms with Gasteiger partial charge in [-0.3, -0.25) is 4.79 Å². The van der Waals surface area contributed by atoms with Crippen molar-refractivity contribution in [3.63, 3.8) is 0 Å². The fourth-order valence-electron chi connectivity index (χ4n) is 3.94. The van der Waals surface area contributed by atoms with Crippen LogP contribution >= 0.6 is 0 Å². The summed E-state index contributed by atoms with van der Waals surface area (Å²) in [6, 6.07) is 10.5. The van der Waals surface area contributed by atoms with E-state index in [1.165, 1.54) is 17.9 Å². The number of carbonyl (C=O) groups excluding carboxylic acids is 1. The second-order valence-corrected chi connectivity index (χ2v) is 7.32. The Kier molecular flexibility index (Phi) is 5.22. The van der Waals surface area contributed by atoms with Gasteiger partial charge in [-0.25, -0.2) is 0 Å². The summed E-state index contributed by atoms with van der Waals surface area (Å²) in [6.45, 7) is 0.786. The Hall–Kier alpha value is -3.37. The molecule has 1 aliphatic heterocycles. The van der Waals surface area contributed by atoms with Crippen molar-refractivity contribution >= 4 is 5.91 Å². The van der Waals surface area contributed by atoms with Crippen LogP contribution in [-0.2, 0) is 18.9 Å². The predicted molar refractivity (Wildman–Crippen MR) is 101 cm³/mol. The molecular formula is C21H16F6N4O. The molecule has 0 N–H and O–H groups in total. The summed E-state index contributed by atoms with van der Waals surface area (Å²) in [7, 11) is 0. The van der Waals surface area contributed by atoms with Gasteiger partial charge in [-0.15, -0.1) is 10.2 Å².